The molecule has 5 heteroatoms. The van der Waals surface area contributed by atoms with E-state index in [1.807, 2.05) is 6.07 Å². The van der Waals surface area contributed by atoms with Gasteiger partial charge in [-0.1, -0.05) is 0 Å². The van der Waals surface area contributed by atoms with E-state index in [9.17, 15) is 0 Å². The van der Waals surface area contributed by atoms with Crippen molar-refractivity contribution in [1.82, 2.24) is 9.55 Å². The molecule has 68 valence electrons. The van der Waals surface area contributed by atoms with Gasteiger partial charge in [0.05, 0.1) is 19.8 Å². The molecule has 1 aromatic heterocycles. The maximum atomic E-state index is 8.67. The molecule has 0 spiro atoms. The molecule has 5 nitrogen and oxygen atoms in total. The zero-order chi connectivity index (χ0) is 9.10. The van der Waals surface area contributed by atoms with Gasteiger partial charge in [-0.15, -0.1) is 0 Å². The Bertz CT molecular complexity index is 322. The SMILES string of the molecule is N#Cc1nccn1CC1OCCO1. The lowest BCUT2D eigenvalue weighted by Crippen LogP contribution is -2.17. The van der Waals surface area contributed by atoms with Crippen LogP contribution in [0.3, 0.4) is 0 Å². The van der Waals surface area contributed by atoms with Crippen molar-refractivity contribution in [2.45, 2.75) is 12.8 Å². The summed E-state index contributed by atoms with van der Waals surface area (Å²) in [7, 11) is 0. The van der Waals surface area contributed by atoms with E-state index in [0.29, 0.717) is 25.6 Å². The minimum absolute atomic E-state index is 0.235. The van der Waals surface area contributed by atoms with Crippen molar-refractivity contribution < 1.29 is 9.47 Å². The molecule has 0 saturated carbocycles. The smallest absolute Gasteiger partial charge is 0.212 e. The lowest BCUT2D eigenvalue weighted by Gasteiger charge is -2.09. The maximum Gasteiger partial charge on any atom is 0.212 e. The number of hydrogen-bond donors (Lipinski definition) is 0. The summed E-state index contributed by atoms with van der Waals surface area (Å²) in [4.78, 5) is 3.87. The van der Waals surface area contributed by atoms with Gasteiger partial charge in [-0.25, -0.2) is 4.98 Å². The highest BCUT2D eigenvalue weighted by Crippen LogP contribution is 2.07. The van der Waals surface area contributed by atoms with E-state index < -0.39 is 0 Å². The fourth-order valence-electron chi connectivity index (χ4n) is 1.24. The fourth-order valence-corrected chi connectivity index (χ4v) is 1.24. The maximum absolute atomic E-state index is 8.67. The first-order chi connectivity index (χ1) is 6.40. The van der Waals surface area contributed by atoms with Crippen LogP contribution in [0.15, 0.2) is 12.4 Å². The Morgan fingerprint density at radius 1 is 1.62 bits per heavy atom. The van der Waals surface area contributed by atoms with Crippen molar-refractivity contribution in [1.29, 1.82) is 5.26 Å². The van der Waals surface area contributed by atoms with E-state index in [2.05, 4.69) is 4.98 Å². The van der Waals surface area contributed by atoms with Crippen molar-refractivity contribution in [3.63, 3.8) is 0 Å². The summed E-state index contributed by atoms with van der Waals surface area (Å²) in [5, 5.41) is 8.67. The molecule has 0 radical (unpaired) electrons. The van der Waals surface area contributed by atoms with Gasteiger partial charge in [0.25, 0.3) is 0 Å². The monoisotopic (exact) mass is 179 g/mol. The first kappa shape index (κ1) is 8.23. The Morgan fingerprint density at radius 3 is 3.08 bits per heavy atom. The molecular weight excluding hydrogens is 170 g/mol. The van der Waals surface area contributed by atoms with Crippen molar-refractivity contribution in [2.75, 3.05) is 13.2 Å². The van der Waals surface area contributed by atoms with Crippen molar-refractivity contribution in [3.05, 3.63) is 18.2 Å². The van der Waals surface area contributed by atoms with Crippen LogP contribution < -0.4 is 0 Å². The van der Waals surface area contributed by atoms with Crippen molar-refractivity contribution in [2.24, 2.45) is 0 Å². The van der Waals surface area contributed by atoms with Crippen LogP contribution in [0.5, 0.6) is 0 Å². The number of nitrogens with zero attached hydrogens (tertiary/aromatic N) is 3. The van der Waals surface area contributed by atoms with Gasteiger partial charge in [-0.3, -0.25) is 0 Å². The summed E-state index contributed by atoms with van der Waals surface area (Å²) in [5.74, 6) is 0.388. The molecule has 1 fully saturated rings. The van der Waals surface area contributed by atoms with Crippen LogP contribution >= 0.6 is 0 Å². The standard InChI is InChI=1S/C8H9N3O2/c9-5-7-10-1-2-11(7)6-8-12-3-4-13-8/h1-2,8H,3-4,6H2. The lowest BCUT2D eigenvalue weighted by atomic mass is 10.5. The summed E-state index contributed by atoms with van der Waals surface area (Å²) in [6.07, 6.45) is 3.10. The largest absolute Gasteiger partial charge is 0.348 e. The molecule has 1 saturated heterocycles. The third kappa shape index (κ3) is 1.69. The van der Waals surface area contributed by atoms with Gasteiger partial charge >= 0.3 is 0 Å². The van der Waals surface area contributed by atoms with Gasteiger partial charge in [-0.2, -0.15) is 5.26 Å². The van der Waals surface area contributed by atoms with Gasteiger partial charge in [0, 0.05) is 12.4 Å². The van der Waals surface area contributed by atoms with Crippen LogP contribution in [-0.4, -0.2) is 29.1 Å². The second-order valence-corrected chi connectivity index (χ2v) is 2.69. The van der Waals surface area contributed by atoms with Gasteiger partial charge in [0.15, 0.2) is 6.29 Å². The molecule has 0 unspecified atom stereocenters. The number of nitriles is 1. The Kier molecular flexibility index (Phi) is 2.25. The molecular formula is C8H9N3O2. The highest BCUT2D eigenvalue weighted by molar-refractivity contribution is 5.11. The van der Waals surface area contributed by atoms with Crippen molar-refractivity contribution >= 4 is 0 Å². The fraction of sp³-hybridized carbons (Fsp3) is 0.500. The zero-order valence-corrected chi connectivity index (χ0v) is 7.01. The highest BCUT2D eigenvalue weighted by atomic mass is 16.7. The molecule has 0 aliphatic carbocycles. The van der Waals surface area contributed by atoms with Crippen LogP contribution in [0.25, 0.3) is 0 Å². The van der Waals surface area contributed by atoms with Crippen LogP contribution in [0.2, 0.25) is 0 Å². The predicted molar refractivity (Wildman–Crippen MR) is 42.6 cm³/mol. The zero-order valence-electron chi connectivity index (χ0n) is 7.01. The topological polar surface area (TPSA) is 60.1 Å². The molecule has 13 heavy (non-hydrogen) atoms. The van der Waals surface area contributed by atoms with Gasteiger partial charge in [0.1, 0.15) is 6.07 Å². The van der Waals surface area contributed by atoms with E-state index in [4.69, 9.17) is 14.7 Å². The molecule has 2 rings (SSSR count). The summed E-state index contributed by atoms with van der Waals surface area (Å²) in [6, 6.07) is 1.99. The molecule has 2 heterocycles. The van der Waals surface area contributed by atoms with E-state index in [1.165, 1.54) is 0 Å². The molecule has 0 bridgehead atoms. The molecule has 0 aromatic carbocycles. The summed E-state index contributed by atoms with van der Waals surface area (Å²) in [5.41, 5.74) is 0. The predicted octanol–water partition coefficient (Wildman–Crippen LogP) is 0.128. The molecule has 0 N–H and O–H groups in total. The number of ether oxygens (including phenoxy) is 2. The number of rotatable bonds is 2. The summed E-state index contributed by atoms with van der Waals surface area (Å²) >= 11 is 0. The van der Waals surface area contributed by atoms with E-state index in [-0.39, 0.29) is 6.29 Å². The number of aromatic nitrogens is 2. The highest BCUT2D eigenvalue weighted by Gasteiger charge is 2.17. The molecule has 1 aromatic rings. The Balaban J connectivity index is 2.04. The van der Waals surface area contributed by atoms with Gasteiger partial charge in [0.2, 0.25) is 5.82 Å². The average Bonchev–Trinajstić information content (AvgIpc) is 2.76. The third-order valence-electron chi connectivity index (χ3n) is 1.85. The summed E-state index contributed by atoms with van der Waals surface area (Å²) < 4.78 is 12.2. The third-order valence-corrected chi connectivity index (χ3v) is 1.85. The molecule has 0 atom stereocenters. The Hall–Kier alpha value is -1.38. The average molecular weight is 179 g/mol. The van der Waals surface area contributed by atoms with E-state index >= 15 is 0 Å². The van der Waals surface area contributed by atoms with Crippen molar-refractivity contribution in [3.8, 4) is 6.07 Å². The molecule has 0 amide bonds. The van der Waals surface area contributed by atoms with Gasteiger partial charge < -0.3 is 14.0 Å². The number of hydrogen-bond acceptors (Lipinski definition) is 4. The van der Waals surface area contributed by atoms with Crippen LogP contribution in [0.4, 0.5) is 0 Å². The van der Waals surface area contributed by atoms with Crippen LogP contribution in [-0.2, 0) is 16.0 Å². The quantitative estimate of drug-likeness (QED) is 0.647. The van der Waals surface area contributed by atoms with Crippen LogP contribution in [0.1, 0.15) is 5.82 Å². The minimum atomic E-state index is -0.235. The van der Waals surface area contributed by atoms with Crippen LogP contribution in [0, 0.1) is 11.3 Å². The summed E-state index contributed by atoms with van der Waals surface area (Å²) in [6.45, 7) is 1.78. The first-order valence-electron chi connectivity index (χ1n) is 4.04. The first-order valence-corrected chi connectivity index (χ1v) is 4.04. The second kappa shape index (κ2) is 3.56. The second-order valence-electron chi connectivity index (χ2n) is 2.69. The van der Waals surface area contributed by atoms with E-state index in [1.54, 1.807) is 17.0 Å². The van der Waals surface area contributed by atoms with Gasteiger partial charge in [-0.05, 0) is 0 Å². The molecule has 1 aliphatic rings. The van der Waals surface area contributed by atoms with E-state index in [0.717, 1.165) is 0 Å². The Labute approximate surface area is 75.5 Å². The Morgan fingerprint density at radius 2 is 2.38 bits per heavy atom. The normalized spacial score (nSPS) is 17.5. The minimum Gasteiger partial charge on any atom is -0.348 e. The lowest BCUT2D eigenvalue weighted by molar-refractivity contribution is -0.0526. The number of imidazole rings is 1. The molecule has 1 aliphatic heterocycles.